The van der Waals surface area contributed by atoms with Crippen LogP contribution in [0.3, 0.4) is 0 Å². The monoisotopic (exact) mass is 296 g/mol. The van der Waals surface area contributed by atoms with Crippen molar-refractivity contribution in [2.24, 2.45) is 5.92 Å². The molecule has 0 aromatic rings. The van der Waals surface area contributed by atoms with Gasteiger partial charge in [-0.05, 0) is 19.3 Å². The molecule has 3 nitrogen and oxygen atoms in total. The van der Waals surface area contributed by atoms with Gasteiger partial charge in [-0.3, -0.25) is 9.64 Å². The Balaban J connectivity index is 2.60. The molecule has 1 fully saturated rings. The van der Waals surface area contributed by atoms with Crippen molar-refractivity contribution in [1.29, 1.82) is 0 Å². The average Bonchev–Trinajstić information content (AvgIpc) is 2.38. The smallest absolute Gasteiger partial charge is 0.311 e. The van der Waals surface area contributed by atoms with Gasteiger partial charge in [-0.25, -0.2) is 0 Å². The molecule has 20 heavy (non-hydrogen) atoms. The lowest BCUT2D eigenvalue weighted by Crippen LogP contribution is -2.64. The maximum atomic E-state index is 12.1. The number of nitrogens with one attached hydrogen (secondary N) is 1. The lowest BCUT2D eigenvalue weighted by atomic mass is 9.88. The number of piperazine rings is 1. The second kappa shape index (κ2) is 7.09. The molecule has 0 spiro atoms. The van der Waals surface area contributed by atoms with Gasteiger partial charge < -0.3 is 5.32 Å². The van der Waals surface area contributed by atoms with Crippen LogP contribution < -0.4 is 5.32 Å². The van der Waals surface area contributed by atoms with E-state index < -0.39 is 6.36 Å². The summed E-state index contributed by atoms with van der Waals surface area (Å²) in [6.45, 7) is 10.1. The van der Waals surface area contributed by atoms with Gasteiger partial charge in [-0.2, -0.15) is 0 Å². The van der Waals surface area contributed by atoms with Crippen molar-refractivity contribution in [3.05, 3.63) is 0 Å². The van der Waals surface area contributed by atoms with Crippen molar-refractivity contribution in [2.45, 2.75) is 58.5 Å². The normalized spacial score (nSPS) is 30.4. The van der Waals surface area contributed by atoms with Gasteiger partial charge in [0.05, 0.1) is 6.61 Å². The van der Waals surface area contributed by atoms with Gasteiger partial charge >= 0.3 is 6.36 Å². The first-order valence-corrected chi connectivity index (χ1v) is 7.41. The predicted molar refractivity (Wildman–Crippen MR) is 73.5 cm³/mol. The standard InChI is InChI=1S/C14H27F3N2O/c1-5-11(3)12-9-19(7-8-20-14(15,16)17)13(4,6-2)10-18-12/h11-12,18H,5-10H2,1-4H3. The third-order valence-electron chi connectivity index (χ3n) is 4.65. The number of nitrogens with zero attached hydrogens (tertiary/aromatic N) is 1. The largest absolute Gasteiger partial charge is 0.522 e. The van der Waals surface area contributed by atoms with Crippen molar-refractivity contribution in [1.82, 2.24) is 10.2 Å². The second-order valence-electron chi connectivity index (χ2n) is 5.96. The van der Waals surface area contributed by atoms with Crippen molar-refractivity contribution >= 4 is 0 Å². The van der Waals surface area contributed by atoms with Crippen LogP contribution >= 0.6 is 0 Å². The molecule has 1 N–H and O–H groups in total. The molecule has 0 radical (unpaired) electrons. The van der Waals surface area contributed by atoms with Crippen molar-refractivity contribution < 1.29 is 17.9 Å². The summed E-state index contributed by atoms with van der Waals surface area (Å²) in [5, 5.41) is 3.54. The van der Waals surface area contributed by atoms with Crippen LogP contribution in [-0.2, 0) is 4.74 Å². The molecule has 1 aliphatic heterocycles. The molecule has 1 heterocycles. The molecule has 0 saturated carbocycles. The zero-order valence-corrected chi connectivity index (χ0v) is 12.9. The van der Waals surface area contributed by atoms with E-state index in [9.17, 15) is 13.2 Å². The van der Waals surface area contributed by atoms with E-state index in [0.717, 1.165) is 25.9 Å². The highest BCUT2D eigenvalue weighted by Crippen LogP contribution is 2.26. The number of ether oxygens (including phenoxy) is 1. The summed E-state index contributed by atoms with van der Waals surface area (Å²) >= 11 is 0. The molecular formula is C14H27F3N2O. The van der Waals surface area contributed by atoms with Crippen LogP contribution in [0.1, 0.15) is 40.5 Å². The van der Waals surface area contributed by atoms with Crippen LogP contribution in [0, 0.1) is 5.92 Å². The molecule has 0 amide bonds. The molecule has 1 rings (SSSR count). The van der Waals surface area contributed by atoms with Crippen LogP contribution in [0.5, 0.6) is 0 Å². The van der Waals surface area contributed by atoms with E-state index in [2.05, 4.69) is 42.6 Å². The highest BCUT2D eigenvalue weighted by molar-refractivity contribution is 4.96. The summed E-state index contributed by atoms with van der Waals surface area (Å²) in [5.74, 6) is 0.516. The van der Waals surface area contributed by atoms with Gasteiger partial charge in [0, 0.05) is 31.2 Å². The van der Waals surface area contributed by atoms with Crippen LogP contribution in [-0.4, -0.2) is 49.1 Å². The molecule has 0 bridgehead atoms. The fourth-order valence-corrected chi connectivity index (χ4v) is 2.63. The minimum absolute atomic E-state index is 0.0983. The van der Waals surface area contributed by atoms with E-state index in [0.29, 0.717) is 18.5 Å². The molecule has 6 heteroatoms. The van der Waals surface area contributed by atoms with E-state index in [1.165, 1.54) is 0 Å². The molecule has 0 aliphatic carbocycles. The minimum atomic E-state index is -4.53. The van der Waals surface area contributed by atoms with Gasteiger partial charge in [0.15, 0.2) is 0 Å². The van der Waals surface area contributed by atoms with Crippen LogP contribution in [0.15, 0.2) is 0 Å². The lowest BCUT2D eigenvalue weighted by molar-refractivity contribution is -0.325. The summed E-state index contributed by atoms with van der Waals surface area (Å²) in [6.07, 6.45) is -2.57. The Morgan fingerprint density at radius 3 is 2.55 bits per heavy atom. The molecule has 1 saturated heterocycles. The quantitative estimate of drug-likeness (QED) is 0.815. The van der Waals surface area contributed by atoms with E-state index in [1.807, 2.05) is 0 Å². The Morgan fingerprint density at radius 2 is 2.05 bits per heavy atom. The Morgan fingerprint density at radius 1 is 1.40 bits per heavy atom. The number of hydrogen-bond donors (Lipinski definition) is 1. The summed E-state index contributed by atoms with van der Waals surface area (Å²) < 4.78 is 40.2. The maximum Gasteiger partial charge on any atom is 0.522 e. The summed E-state index contributed by atoms with van der Waals surface area (Å²) in [6, 6.07) is 0.338. The number of halogens is 3. The molecule has 0 aromatic carbocycles. The third kappa shape index (κ3) is 4.90. The SMILES string of the molecule is CCC(C)C1CN(CCOC(F)(F)F)C(C)(CC)CN1. The van der Waals surface area contributed by atoms with Crippen molar-refractivity contribution in [2.75, 3.05) is 26.2 Å². The Bertz CT molecular complexity index is 299. The third-order valence-corrected chi connectivity index (χ3v) is 4.65. The predicted octanol–water partition coefficient (Wildman–Crippen LogP) is 3.01. The van der Waals surface area contributed by atoms with Crippen molar-refractivity contribution in [3.63, 3.8) is 0 Å². The van der Waals surface area contributed by atoms with E-state index in [4.69, 9.17) is 0 Å². The van der Waals surface area contributed by atoms with Gasteiger partial charge in [-0.1, -0.05) is 27.2 Å². The van der Waals surface area contributed by atoms with E-state index >= 15 is 0 Å². The highest BCUT2D eigenvalue weighted by Gasteiger charge is 2.38. The first-order valence-electron chi connectivity index (χ1n) is 7.41. The average molecular weight is 296 g/mol. The van der Waals surface area contributed by atoms with E-state index in [-0.39, 0.29) is 12.1 Å². The zero-order chi connectivity index (χ0) is 15.4. The summed E-state index contributed by atoms with van der Waals surface area (Å²) in [7, 11) is 0. The summed E-state index contributed by atoms with van der Waals surface area (Å²) in [4.78, 5) is 2.14. The molecule has 3 atom stereocenters. The Kier molecular flexibility index (Phi) is 6.28. The molecule has 120 valence electrons. The first kappa shape index (κ1) is 17.7. The Hall–Kier alpha value is -0.330. The van der Waals surface area contributed by atoms with Crippen LogP contribution in [0.4, 0.5) is 13.2 Å². The van der Waals surface area contributed by atoms with Crippen LogP contribution in [0.25, 0.3) is 0 Å². The lowest BCUT2D eigenvalue weighted by Gasteiger charge is -2.49. The highest BCUT2D eigenvalue weighted by atomic mass is 19.4. The zero-order valence-electron chi connectivity index (χ0n) is 12.9. The van der Waals surface area contributed by atoms with E-state index in [1.54, 1.807) is 0 Å². The van der Waals surface area contributed by atoms with Gasteiger partial charge in [0.1, 0.15) is 0 Å². The first-order chi connectivity index (χ1) is 9.22. The van der Waals surface area contributed by atoms with Gasteiger partial charge in [0.2, 0.25) is 0 Å². The maximum absolute atomic E-state index is 12.1. The second-order valence-corrected chi connectivity index (χ2v) is 5.96. The molecular weight excluding hydrogens is 269 g/mol. The van der Waals surface area contributed by atoms with Crippen molar-refractivity contribution in [3.8, 4) is 0 Å². The number of rotatable bonds is 6. The molecule has 0 aromatic heterocycles. The molecule has 1 aliphatic rings. The summed E-state index contributed by atoms with van der Waals surface area (Å²) in [5.41, 5.74) is -0.0983. The molecule has 3 unspecified atom stereocenters. The number of alkyl halides is 3. The van der Waals surface area contributed by atoms with Crippen LogP contribution in [0.2, 0.25) is 0 Å². The number of hydrogen-bond acceptors (Lipinski definition) is 3. The van der Waals surface area contributed by atoms with Gasteiger partial charge in [-0.15, -0.1) is 13.2 Å². The minimum Gasteiger partial charge on any atom is -0.311 e. The van der Waals surface area contributed by atoms with Gasteiger partial charge in [0.25, 0.3) is 0 Å². The Labute approximate surface area is 119 Å². The topological polar surface area (TPSA) is 24.5 Å². The fraction of sp³-hybridized carbons (Fsp3) is 1.00. The fourth-order valence-electron chi connectivity index (χ4n) is 2.63.